The van der Waals surface area contributed by atoms with Crippen molar-refractivity contribution in [2.24, 2.45) is 0 Å². The molecule has 3 aromatic heterocycles. The van der Waals surface area contributed by atoms with Crippen LogP contribution < -0.4 is 5.73 Å². The molecule has 0 amide bonds. The molecule has 0 saturated carbocycles. The highest BCUT2D eigenvalue weighted by Crippen LogP contribution is 2.36. The van der Waals surface area contributed by atoms with E-state index in [1.807, 2.05) is 12.1 Å². The van der Waals surface area contributed by atoms with E-state index in [2.05, 4.69) is 46.1 Å². The van der Waals surface area contributed by atoms with Crippen molar-refractivity contribution >= 4 is 50.2 Å². The Morgan fingerprint density at radius 1 is 1.19 bits per heavy atom. The lowest BCUT2D eigenvalue weighted by Crippen LogP contribution is -1.95. The van der Waals surface area contributed by atoms with Gasteiger partial charge in [0.1, 0.15) is 9.86 Å². The molecule has 4 rings (SSSR count). The quantitative estimate of drug-likeness (QED) is 0.544. The Labute approximate surface area is 129 Å². The fourth-order valence-electron chi connectivity index (χ4n) is 2.32. The van der Waals surface area contributed by atoms with Gasteiger partial charge in [-0.25, -0.2) is 9.97 Å². The van der Waals surface area contributed by atoms with Crippen molar-refractivity contribution in [3.05, 3.63) is 41.3 Å². The summed E-state index contributed by atoms with van der Waals surface area (Å²) < 4.78 is 0. The highest BCUT2D eigenvalue weighted by molar-refractivity contribution is 7.99. The molecule has 0 atom stereocenters. The van der Waals surface area contributed by atoms with Crippen LogP contribution in [0.3, 0.4) is 0 Å². The zero-order chi connectivity index (χ0) is 14.4. The minimum absolute atomic E-state index is 0.322. The Kier molecular flexibility index (Phi) is 2.87. The zero-order valence-electron chi connectivity index (χ0n) is 11.3. The number of aromatic amines is 1. The van der Waals surface area contributed by atoms with Crippen LogP contribution in [0.4, 0.5) is 5.95 Å². The van der Waals surface area contributed by atoms with Crippen LogP contribution in [-0.4, -0.2) is 15.0 Å². The predicted molar refractivity (Wildman–Crippen MR) is 89.0 cm³/mol. The summed E-state index contributed by atoms with van der Waals surface area (Å²) in [6.45, 7) is 2.07. The number of H-pyrrole nitrogens is 1. The summed E-state index contributed by atoms with van der Waals surface area (Å²) in [4.78, 5) is 14.3. The molecular formula is C15H12N4S2. The molecule has 0 saturated heterocycles. The number of benzene rings is 1. The Hall–Kier alpha value is -2.05. The number of nitrogen functional groups attached to an aromatic ring is 1. The number of nitrogens with two attached hydrogens (primary N) is 1. The predicted octanol–water partition coefficient (Wildman–Crippen LogP) is 4.21. The van der Waals surface area contributed by atoms with Gasteiger partial charge in [-0.3, -0.25) is 0 Å². The van der Waals surface area contributed by atoms with Crippen molar-refractivity contribution in [3.8, 4) is 0 Å². The molecule has 4 aromatic rings. The van der Waals surface area contributed by atoms with Crippen molar-refractivity contribution < 1.29 is 0 Å². The first-order valence-electron chi connectivity index (χ1n) is 6.48. The molecule has 0 spiro atoms. The molecular weight excluding hydrogens is 300 g/mol. The zero-order valence-corrected chi connectivity index (χ0v) is 12.9. The third-order valence-electron chi connectivity index (χ3n) is 3.21. The van der Waals surface area contributed by atoms with Crippen LogP contribution in [0.1, 0.15) is 4.88 Å². The number of aryl methyl sites for hydroxylation is 1. The Balaban J connectivity index is 1.82. The van der Waals surface area contributed by atoms with E-state index >= 15 is 0 Å². The molecule has 1 aromatic carbocycles. The van der Waals surface area contributed by atoms with Gasteiger partial charge in [-0.2, -0.15) is 0 Å². The minimum atomic E-state index is 0.322. The van der Waals surface area contributed by atoms with Crippen molar-refractivity contribution in [1.29, 1.82) is 0 Å². The van der Waals surface area contributed by atoms with Gasteiger partial charge in [-0.1, -0.05) is 30.0 Å². The van der Waals surface area contributed by atoms with Crippen LogP contribution in [-0.2, 0) is 0 Å². The van der Waals surface area contributed by atoms with Gasteiger partial charge in [0.15, 0.2) is 0 Å². The lowest BCUT2D eigenvalue weighted by atomic mass is 10.3. The fraction of sp³-hybridized carbons (Fsp3) is 0.0667. The highest BCUT2D eigenvalue weighted by atomic mass is 32.2. The summed E-state index contributed by atoms with van der Waals surface area (Å²) in [5.74, 6) is 0.322. The molecule has 0 aliphatic rings. The summed E-state index contributed by atoms with van der Waals surface area (Å²) in [5.41, 5.74) is 6.95. The van der Waals surface area contributed by atoms with Crippen molar-refractivity contribution in [2.45, 2.75) is 17.0 Å². The van der Waals surface area contributed by atoms with E-state index in [-0.39, 0.29) is 0 Å². The largest absolute Gasteiger partial charge is 0.368 e. The third-order valence-corrected chi connectivity index (χ3v) is 5.10. The van der Waals surface area contributed by atoms with Crippen molar-refractivity contribution in [1.82, 2.24) is 15.0 Å². The summed E-state index contributed by atoms with van der Waals surface area (Å²) in [5, 5.41) is 4.21. The van der Waals surface area contributed by atoms with Gasteiger partial charge in [0.2, 0.25) is 5.95 Å². The minimum Gasteiger partial charge on any atom is -0.368 e. The second-order valence-corrected chi connectivity index (χ2v) is 7.05. The number of anilines is 1. The van der Waals surface area contributed by atoms with Gasteiger partial charge in [-0.15, -0.1) is 11.3 Å². The third kappa shape index (κ3) is 2.26. The Morgan fingerprint density at radius 3 is 2.90 bits per heavy atom. The van der Waals surface area contributed by atoms with Gasteiger partial charge in [0, 0.05) is 21.2 Å². The fourth-order valence-corrected chi connectivity index (χ4v) is 4.23. The number of aromatic nitrogens is 3. The number of hydrogen-bond donors (Lipinski definition) is 2. The molecule has 0 fully saturated rings. The number of rotatable bonds is 2. The maximum atomic E-state index is 5.82. The number of nitrogens with one attached hydrogen (secondary N) is 1. The van der Waals surface area contributed by atoms with E-state index in [0.717, 1.165) is 25.8 Å². The second kappa shape index (κ2) is 4.75. The number of para-hydroxylation sites is 1. The van der Waals surface area contributed by atoms with E-state index in [0.29, 0.717) is 5.95 Å². The molecule has 3 heterocycles. The molecule has 6 heteroatoms. The normalized spacial score (nSPS) is 11.5. The average molecular weight is 312 g/mol. The number of nitrogens with zero attached hydrogens (tertiary/aromatic N) is 2. The average Bonchev–Trinajstić information content (AvgIpc) is 3.00. The van der Waals surface area contributed by atoms with E-state index in [1.165, 1.54) is 10.3 Å². The lowest BCUT2D eigenvalue weighted by Gasteiger charge is -2.01. The molecule has 21 heavy (non-hydrogen) atoms. The Bertz CT molecular complexity index is 922. The molecule has 0 radical (unpaired) electrons. The maximum Gasteiger partial charge on any atom is 0.222 e. The van der Waals surface area contributed by atoms with Gasteiger partial charge >= 0.3 is 0 Å². The SMILES string of the molecule is Cc1cc2c(Sc3cc4ccccc4[nH]3)nc(N)nc2s1. The Morgan fingerprint density at radius 2 is 2.05 bits per heavy atom. The summed E-state index contributed by atoms with van der Waals surface area (Å²) in [6.07, 6.45) is 0. The van der Waals surface area contributed by atoms with Crippen LogP contribution in [0.15, 0.2) is 46.5 Å². The van der Waals surface area contributed by atoms with Gasteiger partial charge in [-0.05, 0) is 25.1 Å². The molecule has 104 valence electrons. The van der Waals surface area contributed by atoms with Crippen LogP contribution in [0.2, 0.25) is 0 Å². The van der Waals surface area contributed by atoms with Gasteiger partial charge < -0.3 is 10.7 Å². The van der Waals surface area contributed by atoms with E-state index < -0.39 is 0 Å². The topological polar surface area (TPSA) is 67.6 Å². The molecule has 4 nitrogen and oxygen atoms in total. The summed E-state index contributed by atoms with van der Waals surface area (Å²) in [7, 11) is 0. The number of thiophene rings is 1. The monoisotopic (exact) mass is 312 g/mol. The van der Waals surface area contributed by atoms with E-state index in [1.54, 1.807) is 23.1 Å². The van der Waals surface area contributed by atoms with Gasteiger partial charge in [0.05, 0.1) is 5.03 Å². The van der Waals surface area contributed by atoms with Crippen LogP contribution in [0.25, 0.3) is 21.1 Å². The first-order valence-corrected chi connectivity index (χ1v) is 8.11. The molecule has 0 bridgehead atoms. The summed E-state index contributed by atoms with van der Waals surface area (Å²) in [6, 6.07) is 12.5. The first kappa shape index (κ1) is 12.7. The van der Waals surface area contributed by atoms with E-state index in [4.69, 9.17) is 5.73 Å². The van der Waals surface area contributed by atoms with Gasteiger partial charge in [0.25, 0.3) is 0 Å². The van der Waals surface area contributed by atoms with E-state index in [9.17, 15) is 0 Å². The first-order chi connectivity index (χ1) is 10.2. The van der Waals surface area contributed by atoms with Crippen LogP contribution in [0.5, 0.6) is 0 Å². The molecule has 0 unspecified atom stereocenters. The molecule has 0 aliphatic heterocycles. The number of fused-ring (bicyclic) bond motifs is 2. The standard InChI is InChI=1S/C15H12N4S2/c1-8-6-10-13(20-8)18-15(16)19-14(10)21-12-7-9-4-2-3-5-11(9)17-12/h2-7,17H,1H3,(H2,16,18,19). The highest BCUT2D eigenvalue weighted by Gasteiger charge is 2.12. The lowest BCUT2D eigenvalue weighted by molar-refractivity contribution is 1.12. The van der Waals surface area contributed by atoms with Crippen LogP contribution >= 0.6 is 23.1 Å². The second-order valence-electron chi connectivity index (χ2n) is 4.79. The van der Waals surface area contributed by atoms with Crippen molar-refractivity contribution in [3.63, 3.8) is 0 Å². The molecule has 0 aliphatic carbocycles. The molecule has 3 N–H and O–H groups in total. The number of hydrogen-bond acceptors (Lipinski definition) is 5. The smallest absolute Gasteiger partial charge is 0.222 e. The summed E-state index contributed by atoms with van der Waals surface area (Å²) >= 11 is 3.23. The maximum absolute atomic E-state index is 5.82. The van der Waals surface area contributed by atoms with Crippen LogP contribution in [0, 0.1) is 6.92 Å². The van der Waals surface area contributed by atoms with Crippen molar-refractivity contribution in [2.75, 3.05) is 5.73 Å².